The van der Waals surface area contributed by atoms with Gasteiger partial charge in [-0.3, -0.25) is 0 Å². The maximum atomic E-state index is 13.4. The van der Waals surface area contributed by atoms with Crippen LogP contribution >= 0.6 is 33.9 Å². The molecule has 0 fully saturated rings. The summed E-state index contributed by atoms with van der Waals surface area (Å²) in [6, 6.07) is 5.42. The summed E-state index contributed by atoms with van der Waals surface area (Å²) >= 11 is 3.76. The molecule has 2 aromatic rings. The van der Waals surface area contributed by atoms with Gasteiger partial charge in [0.1, 0.15) is 11.6 Å². The van der Waals surface area contributed by atoms with Crippen molar-refractivity contribution in [3.05, 3.63) is 55.3 Å². The second kappa shape index (κ2) is 5.41. The van der Waals surface area contributed by atoms with E-state index in [0.29, 0.717) is 0 Å². The Hall–Kier alpha value is -0.530. The Morgan fingerprint density at radius 3 is 2.47 bits per heavy atom. The molecule has 1 nitrogen and oxygen atoms in total. The molecule has 0 bridgehead atoms. The van der Waals surface area contributed by atoms with Crippen LogP contribution in [0.2, 0.25) is 0 Å². The summed E-state index contributed by atoms with van der Waals surface area (Å²) in [6.07, 6.45) is 0.172. The van der Waals surface area contributed by atoms with Gasteiger partial charge in [-0.05, 0) is 58.2 Å². The summed E-state index contributed by atoms with van der Waals surface area (Å²) < 4.78 is 28.0. The van der Waals surface area contributed by atoms with Crippen LogP contribution in [0, 0.1) is 14.5 Å². The van der Waals surface area contributed by atoms with Crippen LogP contribution in [0.3, 0.4) is 0 Å². The molecule has 2 N–H and O–H groups in total. The lowest BCUT2D eigenvalue weighted by atomic mass is 10.0. The van der Waals surface area contributed by atoms with Gasteiger partial charge in [-0.1, -0.05) is 6.07 Å². The van der Waals surface area contributed by atoms with E-state index < -0.39 is 11.6 Å². The van der Waals surface area contributed by atoms with Gasteiger partial charge < -0.3 is 5.73 Å². The van der Waals surface area contributed by atoms with Crippen LogP contribution in [0.15, 0.2) is 29.6 Å². The van der Waals surface area contributed by atoms with Crippen LogP contribution in [0.25, 0.3) is 0 Å². The number of hydrogen-bond acceptors (Lipinski definition) is 2. The zero-order valence-corrected chi connectivity index (χ0v) is 11.8. The quantitative estimate of drug-likeness (QED) is 0.822. The average Bonchev–Trinajstić information content (AvgIpc) is 2.70. The van der Waals surface area contributed by atoms with E-state index in [1.54, 1.807) is 11.3 Å². The highest BCUT2D eigenvalue weighted by Crippen LogP contribution is 2.25. The van der Waals surface area contributed by atoms with Gasteiger partial charge >= 0.3 is 0 Å². The Bertz CT molecular complexity index is 507. The summed E-state index contributed by atoms with van der Waals surface area (Å²) in [5.41, 5.74) is 6.92. The minimum atomic E-state index is -0.537. The highest BCUT2D eigenvalue weighted by molar-refractivity contribution is 14.1. The number of nitrogens with two attached hydrogens (primary N) is 1. The Balaban J connectivity index is 2.21. The standard InChI is InChI=1S/C12H10F2INS/c13-9-2-1-3-10(14)8(9)5-11(16)7-4-12(15)17-6-7/h1-4,6,11H,5,16H2. The van der Waals surface area contributed by atoms with Crippen LogP contribution in [0.1, 0.15) is 17.2 Å². The highest BCUT2D eigenvalue weighted by atomic mass is 127. The Morgan fingerprint density at radius 1 is 1.29 bits per heavy atom. The largest absolute Gasteiger partial charge is 0.324 e. The van der Waals surface area contributed by atoms with Crippen molar-refractivity contribution in [2.24, 2.45) is 5.73 Å². The highest BCUT2D eigenvalue weighted by Gasteiger charge is 2.15. The number of rotatable bonds is 3. The second-order valence-corrected chi connectivity index (χ2v) is 6.50. The lowest BCUT2D eigenvalue weighted by molar-refractivity contribution is 0.540. The first kappa shape index (κ1) is 12.9. The predicted octanol–water partition coefficient (Wildman–Crippen LogP) is 3.87. The first-order valence-electron chi connectivity index (χ1n) is 5.00. The van der Waals surface area contributed by atoms with Crippen molar-refractivity contribution in [3.63, 3.8) is 0 Å². The normalized spacial score (nSPS) is 12.7. The van der Waals surface area contributed by atoms with Gasteiger partial charge in [0.15, 0.2) is 0 Å². The molecule has 0 saturated heterocycles. The molecule has 0 saturated carbocycles. The zero-order valence-electron chi connectivity index (χ0n) is 8.79. The van der Waals surface area contributed by atoms with Crippen LogP contribution in [0.5, 0.6) is 0 Å². The maximum Gasteiger partial charge on any atom is 0.129 e. The average molecular weight is 365 g/mol. The van der Waals surface area contributed by atoms with Gasteiger partial charge in [0.05, 0.1) is 2.88 Å². The Labute approximate surface area is 116 Å². The van der Waals surface area contributed by atoms with Crippen molar-refractivity contribution in [3.8, 4) is 0 Å². The van der Waals surface area contributed by atoms with Crippen LogP contribution in [-0.2, 0) is 6.42 Å². The molecule has 0 radical (unpaired) electrons. The summed E-state index contributed by atoms with van der Waals surface area (Å²) in [5, 5.41) is 1.92. The molecule has 0 aliphatic heterocycles. The fourth-order valence-electron chi connectivity index (χ4n) is 1.58. The van der Waals surface area contributed by atoms with Crippen LogP contribution in [-0.4, -0.2) is 0 Å². The molecule has 0 amide bonds. The summed E-state index contributed by atoms with van der Waals surface area (Å²) in [7, 11) is 0. The van der Waals surface area contributed by atoms with E-state index in [1.165, 1.54) is 18.2 Å². The molecule has 1 aromatic carbocycles. The number of benzene rings is 1. The fraction of sp³-hybridized carbons (Fsp3) is 0.167. The zero-order chi connectivity index (χ0) is 12.4. The van der Waals surface area contributed by atoms with Gasteiger partial charge in [0.25, 0.3) is 0 Å². The second-order valence-electron chi connectivity index (χ2n) is 3.69. The first-order valence-corrected chi connectivity index (χ1v) is 6.96. The van der Waals surface area contributed by atoms with Gasteiger partial charge in [0, 0.05) is 11.6 Å². The first-order chi connectivity index (χ1) is 8.08. The molecule has 1 atom stereocenters. The lowest BCUT2D eigenvalue weighted by Crippen LogP contribution is -2.14. The van der Waals surface area contributed by atoms with Crippen molar-refractivity contribution >= 4 is 33.9 Å². The number of thiophene rings is 1. The van der Waals surface area contributed by atoms with Gasteiger partial charge in [0.2, 0.25) is 0 Å². The molecule has 90 valence electrons. The van der Waals surface area contributed by atoms with Gasteiger partial charge in [-0.2, -0.15) is 0 Å². The molecule has 1 heterocycles. The lowest BCUT2D eigenvalue weighted by Gasteiger charge is -2.11. The summed E-state index contributed by atoms with van der Waals surface area (Å²) in [6.45, 7) is 0. The third-order valence-electron chi connectivity index (χ3n) is 2.50. The fourth-order valence-corrected chi connectivity index (χ4v) is 3.02. The molecule has 0 aliphatic rings. The molecule has 1 unspecified atom stereocenters. The SMILES string of the molecule is NC(Cc1c(F)cccc1F)c1csc(I)c1. The van der Waals surface area contributed by atoms with Crippen molar-refractivity contribution in [1.29, 1.82) is 0 Å². The van der Waals surface area contributed by atoms with E-state index in [-0.39, 0.29) is 18.0 Å². The van der Waals surface area contributed by atoms with E-state index in [4.69, 9.17) is 5.73 Å². The maximum absolute atomic E-state index is 13.4. The molecule has 5 heteroatoms. The third-order valence-corrected chi connectivity index (χ3v) is 4.31. The van der Waals surface area contributed by atoms with E-state index in [9.17, 15) is 8.78 Å². The monoisotopic (exact) mass is 365 g/mol. The van der Waals surface area contributed by atoms with E-state index in [1.807, 2.05) is 11.4 Å². The van der Waals surface area contributed by atoms with Crippen LogP contribution in [0.4, 0.5) is 8.78 Å². The molecule has 17 heavy (non-hydrogen) atoms. The molecular weight excluding hydrogens is 355 g/mol. The van der Waals surface area contributed by atoms with Crippen molar-refractivity contribution < 1.29 is 8.78 Å². The Kier molecular flexibility index (Phi) is 4.11. The van der Waals surface area contributed by atoms with E-state index >= 15 is 0 Å². The number of hydrogen-bond donors (Lipinski definition) is 1. The minimum absolute atomic E-state index is 0.0567. The minimum Gasteiger partial charge on any atom is -0.324 e. The molecule has 0 spiro atoms. The topological polar surface area (TPSA) is 26.0 Å². The Morgan fingerprint density at radius 2 is 1.94 bits per heavy atom. The van der Waals surface area contributed by atoms with E-state index in [2.05, 4.69) is 22.6 Å². The van der Waals surface area contributed by atoms with E-state index in [0.717, 1.165) is 8.45 Å². The van der Waals surface area contributed by atoms with Crippen molar-refractivity contribution in [2.45, 2.75) is 12.5 Å². The van der Waals surface area contributed by atoms with Gasteiger partial charge in [-0.15, -0.1) is 11.3 Å². The smallest absolute Gasteiger partial charge is 0.129 e. The summed E-state index contributed by atoms with van der Waals surface area (Å²) in [4.78, 5) is 0. The number of halogens is 3. The van der Waals surface area contributed by atoms with Crippen LogP contribution < -0.4 is 5.73 Å². The molecule has 1 aromatic heterocycles. The summed E-state index contributed by atoms with van der Waals surface area (Å²) in [5.74, 6) is -1.07. The van der Waals surface area contributed by atoms with Gasteiger partial charge in [-0.25, -0.2) is 8.78 Å². The van der Waals surface area contributed by atoms with Crippen molar-refractivity contribution in [1.82, 2.24) is 0 Å². The molecular formula is C12H10F2INS. The third kappa shape index (κ3) is 3.02. The molecule has 2 rings (SSSR count). The predicted molar refractivity (Wildman–Crippen MR) is 74.0 cm³/mol. The molecule has 0 aliphatic carbocycles. The van der Waals surface area contributed by atoms with Crippen molar-refractivity contribution in [2.75, 3.05) is 0 Å².